The van der Waals surface area contributed by atoms with Crippen LogP contribution in [0.4, 0.5) is 5.69 Å². The fourth-order valence-corrected chi connectivity index (χ4v) is 3.84. The number of halogens is 1. The molecule has 0 bridgehead atoms. The molecule has 0 heterocycles. The molecule has 0 aliphatic carbocycles. The van der Waals surface area contributed by atoms with Crippen molar-refractivity contribution in [2.24, 2.45) is 0 Å². The second kappa shape index (κ2) is 10.3. The van der Waals surface area contributed by atoms with E-state index in [0.29, 0.717) is 17.1 Å². The van der Waals surface area contributed by atoms with Gasteiger partial charge in [0.05, 0.1) is 24.9 Å². The molecule has 0 unspecified atom stereocenters. The van der Waals surface area contributed by atoms with Crippen molar-refractivity contribution in [3.05, 3.63) is 94.0 Å². The molecule has 0 fully saturated rings. The molecule has 3 rings (SSSR count). The second-order valence-electron chi connectivity index (χ2n) is 7.55. The van der Waals surface area contributed by atoms with Crippen molar-refractivity contribution in [1.29, 1.82) is 0 Å². The Hall–Kier alpha value is -3.37. The number of nitrogens with zero attached hydrogens (tertiary/aromatic N) is 1. The van der Waals surface area contributed by atoms with Gasteiger partial charge in [0.25, 0.3) is 0 Å². The third kappa shape index (κ3) is 5.27. The lowest BCUT2D eigenvalue weighted by molar-refractivity contribution is -0.116. The van der Waals surface area contributed by atoms with Gasteiger partial charge < -0.3 is 9.64 Å². The number of benzene rings is 3. The van der Waals surface area contributed by atoms with E-state index in [2.05, 4.69) is 0 Å². The largest absolute Gasteiger partial charge is 0.465 e. The van der Waals surface area contributed by atoms with Crippen LogP contribution in [-0.2, 0) is 16.1 Å². The van der Waals surface area contributed by atoms with E-state index < -0.39 is 0 Å². The third-order valence-electron chi connectivity index (χ3n) is 5.17. The Morgan fingerprint density at radius 3 is 2.53 bits per heavy atom. The van der Waals surface area contributed by atoms with Crippen molar-refractivity contribution in [1.82, 2.24) is 0 Å². The van der Waals surface area contributed by atoms with Crippen LogP contribution in [0.25, 0.3) is 17.2 Å². The van der Waals surface area contributed by atoms with Crippen molar-refractivity contribution in [2.75, 3.05) is 12.0 Å². The summed E-state index contributed by atoms with van der Waals surface area (Å²) in [7, 11) is 1.38. The van der Waals surface area contributed by atoms with E-state index in [-0.39, 0.29) is 11.9 Å². The summed E-state index contributed by atoms with van der Waals surface area (Å²) in [6.45, 7) is 5.79. The number of carbonyl (C=O) groups excluding carboxylic acids is 2. The topological polar surface area (TPSA) is 46.6 Å². The molecule has 0 aliphatic heterocycles. The lowest BCUT2D eigenvalue weighted by Gasteiger charge is -2.24. The molecule has 164 valence electrons. The van der Waals surface area contributed by atoms with Crippen molar-refractivity contribution in [3.63, 3.8) is 0 Å². The van der Waals surface area contributed by atoms with Gasteiger partial charge in [0.2, 0.25) is 5.91 Å². The fraction of sp³-hybridized carbons (Fsp3) is 0.185. The van der Waals surface area contributed by atoms with Gasteiger partial charge in [0, 0.05) is 11.9 Å². The van der Waals surface area contributed by atoms with Gasteiger partial charge in [0.15, 0.2) is 0 Å². The number of methoxy groups -OCH3 is 1. The summed E-state index contributed by atoms with van der Waals surface area (Å²) in [5.41, 5.74) is 5.77. The predicted octanol–water partition coefficient (Wildman–Crippen LogP) is 6.69. The zero-order chi connectivity index (χ0) is 23.3. The average Bonchev–Trinajstić information content (AvgIpc) is 2.77. The minimum absolute atomic E-state index is 0.0749. The molecular formula is C27H26ClNO3. The van der Waals surface area contributed by atoms with Crippen LogP contribution in [-0.4, -0.2) is 19.0 Å². The summed E-state index contributed by atoms with van der Waals surface area (Å²) in [5.74, 6) is -0.453. The summed E-state index contributed by atoms with van der Waals surface area (Å²) < 4.78 is 4.97. The van der Waals surface area contributed by atoms with Gasteiger partial charge in [0.1, 0.15) is 0 Å². The highest BCUT2D eigenvalue weighted by atomic mass is 35.5. The maximum atomic E-state index is 12.6. The van der Waals surface area contributed by atoms with Crippen LogP contribution in [0.1, 0.15) is 40.9 Å². The highest BCUT2D eigenvalue weighted by molar-refractivity contribution is 6.30. The molecule has 4 nitrogen and oxygen atoms in total. The lowest BCUT2D eigenvalue weighted by atomic mass is 9.96. The minimum atomic E-state index is -0.378. The first kappa shape index (κ1) is 23.3. The standard InChI is InChI=1S/C27H26ClNO3/c1-5-7-22-16-23(28)11-13-26(22)29(19(3)30)17-20-8-6-9-21(15-20)24-12-10-18(2)14-25(24)27(31)32-4/h5-16H,17H2,1-4H3/b7-5-. The first-order chi connectivity index (χ1) is 15.3. The predicted molar refractivity (Wildman–Crippen MR) is 131 cm³/mol. The molecule has 0 radical (unpaired) electrons. The number of carbonyl (C=O) groups is 2. The molecule has 0 saturated carbocycles. The molecule has 0 N–H and O–H groups in total. The smallest absolute Gasteiger partial charge is 0.338 e. The molecule has 32 heavy (non-hydrogen) atoms. The zero-order valence-corrected chi connectivity index (χ0v) is 19.4. The molecule has 0 saturated heterocycles. The molecule has 0 aromatic heterocycles. The monoisotopic (exact) mass is 447 g/mol. The fourth-order valence-electron chi connectivity index (χ4n) is 3.66. The van der Waals surface area contributed by atoms with Gasteiger partial charge in [-0.15, -0.1) is 0 Å². The Kier molecular flexibility index (Phi) is 7.49. The van der Waals surface area contributed by atoms with Crippen LogP contribution in [0.3, 0.4) is 0 Å². The Bertz CT molecular complexity index is 1180. The van der Waals surface area contributed by atoms with E-state index in [4.69, 9.17) is 16.3 Å². The first-order valence-corrected chi connectivity index (χ1v) is 10.7. The average molecular weight is 448 g/mol. The van der Waals surface area contributed by atoms with E-state index in [1.165, 1.54) is 7.11 Å². The van der Waals surface area contributed by atoms with E-state index in [1.807, 2.05) is 80.6 Å². The summed E-state index contributed by atoms with van der Waals surface area (Å²) in [6, 6.07) is 19.1. The molecule has 3 aromatic rings. The van der Waals surface area contributed by atoms with E-state index in [1.54, 1.807) is 17.9 Å². The Balaban J connectivity index is 2.02. The Morgan fingerprint density at radius 1 is 1.06 bits per heavy atom. The second-order valence-corrected chi connectivity index (χ2v) is 7.99. The summed E-state index contributed by atoms with van der Waals surface area (Å²) in [5, 5.41) is 0.613. The van der Waals surface area contributed by atoms with Gasteiger partial charge in [-0.1, -0.05) is 59.6 Å². The van der Waals surface area contributed by atoms with Gasteiger partial charge in [-0.25, -0.2) is 4.79 Å². The summed E-state index contributed by atoms with van der Waals surface area (Å²) >= 11 is 6.17. The number of anilines is 1. The molecule has 0 spiro atoms. The van der Waals surface area contributed by atoms with E-state index >= 15 is 0 Å². The van der Waals surface area contributed by atoms with Crippen LogP contribution in [0.5, 0.6) is 0 Å². The third-order valence-corrected chi connectivity index (χ3v) is 5.40. The number of esters is 1. The van der Waals surface area contributed by atoms with Gasteiger partial charge in [-0.05, 0) is 66.4 Å². The van der Waals surface area contributed by atoms with Crippen LogP contribution in [0.2, 0.25) is 5.02 Å². The Labute approximate surface area is 194 Å². The number of aryl methyl sites for hydroxylation is 1. The highest BCUT2D eigenvalue weighted by Crippen LogP contribution is 2.30. The van der Waals surface area contributed by atoms with Crippen LogP contribution in [0.15, 0.2) is 66.7 Å². The number of hydrogen-bond donors (Lipinski definition) is 0. The first-order valence-electron chi connectivity index (χ1n) is 10.3. The van der Waals surface area contributed by atoms with Crippen molar-refractivity contribution in [3.8, 4) is 11.1 Å². The normalized spacial score (nSPS) is 10.9. The van der Waals surface area contributed by atoms with Crippen LogP contribution in [0, 0.1) is 6.92 Å². The highest BCUT2D eigenvalue weighted by Gasteiger charge is 2.17. The molecule has 1 amide bonds. The summed E-state index contributed by atoms with van der Waals surface area (Å²) in [4.78, 5) is 26.6. The minimum Gasteiger partial charge on any atom is -0.465 e. The maximum Gasteiger partial charge on any atom is 0.338 e. The molecule has 3 aromatic carbocycles. The van der Waals surface area contributed by atoms with Crippen molar-refractivity contribution < 1.29 is 14.3 Å². The number of allylic oxidation sites excluding steroid dienone is 1. The molecule has 5 heteroatoms. The number of amides is 1. The van der Waals surface area contributed by atoms with E-state index in [0.717, 1.165) is 33.5 Å². The van der Waals surface area contributed by atoms with E-state index in [9.17, 15) is 9.59 Å². The van der Waals surface area contributed by atoms with Gasteiger partial charge in [-0.2, -0.15) is 0 Å². The molecule has 0 aliphatic rings. The quantitative estimate of drug-likeness (QED) is 0.395. The lowest BCUT2D eigenvalue weighted by Crippen LogP contribution is -2.28. The maximum absolute atomic E-state index is 12.6. The van der Waals surface area contributed by atoms with Crippen molar-refractivity contribution >= 4 is 35.2 Å². The van der Waals surface area contributed by atoms with Crippen molar-refractivity contribution in [2.45, 2.75) is 27.3 Å². The van der Waals surface area contributed by atoms with Gasteiger partial charge >= 0.3 is 5.97 Å². The number of hydrogen-bond acceptors (Lipinski definition) is 3. The number of rotatable bonds is 6. The Morgan fingerprint density at radius 2 is 1.84 bits per heavy atom. The molecule has 0 atom stereocenters. The SMILES string of the molecule is C/C=C\c1cc(Cl)ccc1N(Cc1cccc(-c2ccc(C)cc2C(=O)OC)c1)C(C)=O. The van der Waals surface area contributed by atoms with Crippen LogP contribution >= 0.6 is 11.6 Å². The summed E-state index contributed by atoms with van der Waals surface area (Å²) in [6.07, 6.45) is 3.85. The number of ether oxygens (including phenoxy) is 1. The van der Waals surface area contributed by atoms with Gasteiger partial charge in [-0.3, -0.25) is 4.79 Å². The van der Waals surface area contributed by atoms with Crippen LogP contribution < -0.4 is 4.90 Å². The zero-order valence-electron chi connectivity index (χ0n) is 18.7. The molecular weight excluding hydrogens is 422 g/mol.